The molecule has 2 aliphatic carbocycles. The zero-order valence-corrected chi connectivity index (χ0v) is 10.4. The Morgan fingerprint density at radius 3 is 2.00 bits per heavy atom. The van der Waals surface area contributed by atoms with Gasteiger partial charge in [0.2, 0.25) is 0 Å². The van der Waals surface area contributed by atoms with Crippen molar-refractivity contribution in [2.75, 3.05) is 13.1 Å². The Kier molecular flexibility index (Phi) is 2.05. The van der Waals surface area contributed by atoms with Crippen molar-refractivity contribution in [3.8, 4) is 0 Å². The van der Waals surface area contributed by atoms with Crippen LogP contribution >= 0.6 is 0 Å². The van der Waals surface area contributed by atoms with Crippen LogP contribution in [0.3, 0.4) is 0 Å². The Bertz CT molecular complexity index is 302. The Labute approximate surface area is 97.1 Å². The first-order valence-corrected chi connectivity index (χ1v) is 6.42. The summed E-state index contributed by atoms with van der Waals surface area (Å²) in [4.78, 5) is 14.0. The average molecular weight is 223 g/mol. The summed E-state index contributed by atoms with van der Waals surface area (Å²) in [5, 5.41) is 0. The van der Waals surface area contributed by atoms with Crippen molar-refractivity contribution >= 4 is 6.09 Å². The number of carbonyl (C=O) groups excluding carboxylic acids is 1. The molecule has 0 aromatic rings. The number of hydrogen-bond donors (Lipinski definition) is 0. The molecule has 5 aliphatic rings. The summed E-state index contributed by atoms with van der Waals surface area (Å²) in [5.41, 5.74) is -0.366. The fourth-order valence-electron chi connectivity index (χ4n) is 3.63. The molecule has 0 aromatic heterocycles. The normalized spacial score (nSPS) is 40.6. The van der Waals surface area contributed by atoms with Crippen LogP contribution < -0.4 is 0 Å². The first-order valence-electron chi connectivity index (χ1n) is 6.42. The van der Waals surface area contributed by atoms with Crippen molar-refractivity contribution in [1.82, 2.24) is 4.90 Å². The van der Waals surface area contributed by atoms with Crippen LogP contribution in [0.15, 0.2) is 0 Å². The Morgan fingerprint density at radius 2 is 1.62 bits per heavy atom. The van der Waals surface area contributed by atoms with Crippen molar-refractivity contribution in [2.24, 2.45) is 23.7 Å². The molecule has 3 aliphatic heterocycles. The number of carbonyl (C=O) groups is 1. The zero-order valence-electron chi connectivity index (χ0n) is 10.4. The molecule has 0 spiro atoms. The number of ether oxygens (including phenoxy) is 1. The summed E-state index contributed by atoms with van der Waals surface area (Å²) < 4.78 is 5.45. The van der Waals surface area contributed by atoms with Gasteiger partial charge in [-0.2, -0.15) is 0 Å². The minimum atomic E-state index is -0.366. The lowest BCUT2D eigenvalue weighted by atomic mass is 9.49. The summed E-state index contributed by atoms with van der Waals surface area (Å²) in [5.74, 6) is 3.43. The average Bonchev–Trinajstić information content (AvgIpc) is 2.45. The summed E-state index contributed by atoms with van der Waals surface area (Å²) in [7, 11) is 0. The van der Waals surface area contributed by atoms with Crippen LogP contribution in [0.4, 0.5) is 4.79 Å². The molecule has 3 saturated heterocycles. The van der Waals surface area contributed by atoms with Gasteiger partial charge < -0.3 is 9.64 Å². The van der Waals surface area contributed by atoms with E-state index in [1.54, 1.807) is 0 Å². The van der Waals surface area contributed by atoms with E-state index in [9.17, 15) is 4.79 Å². The van der Waals surface area contributed by atoms with Gasteiger partial charge in [0.05, 0.1) is 0 Å². The summed E-state index contributed by atoms with van der Waals surface area (Å²) in [6.45, 7) is 7.67. The second kappa shape index (κ2) is 3.14. The minimum Gasteiger partial charge on any atom is -0.444 e. The quantitative estimate of drug-likeness (QED) is 0.631. The molecule has 5 rings (SSSR count). The maximum absolute atomic E-state index is 12.0. The SMILES string of the molecule is CC(C)(C)OC(=O)N1CC2CC3C(CC23)C1. The highest BCUT2D eigenvalue weighted by atomic mass is 16.6. The van der Waals surface area contributed by atoms with Gasteiger partial charge in [0.1, 0.15) is 5.60 Å². The maximum atomic E-state index is 12.0. The van der Waals surface area contributed by atoms with Crippen LogP contribution in [0.1, 0.15) is 33.6 Å². The fourth-order valence-corrected chi connectivity index (χ4v) is 3.63. The Balaban J connectivity index is 1.65. The van der Waals surface area contributed by atoms with Crippen molar-refractivity contribution in [1.29, 1.82) is 0 Å². The van der Waals surface area contributed by atoms with Gasteiger partial charge in [0.25, 0.3) is 0 Å². The molecule has 3 nitrogen and oxygen atoms in total. The topological polar surface area (TPSA) is 29.5 Å². The van der Waals surface area contributed by atoms with Crippen LogP contribution in [-0.4, -0.2) is 29.7 Å². The van der Waals surface area contributed by atoms with Crippen molar-refractivity contribution in [3.63, 3.8) is 0 Å². The molecule has 5 fully saturated rings. The van der Waals surface area contributed by atoms with Crippen LogP contribution in [0, 0.1) is 23.7 Å². The minimum absolute atomic E-state index is 0.106. The van der Waals surface area contributed by atoms with E-state index in [-0.39, 0.29) is 11.7 Å². The van der Waals surface area contributed by atoms with E-state index < -0.39 is 0 Å². The monoisotopic (exact) mass is 223 g/mol. The van der Waals surface area contributed by atoms with Gasteiger partial charge in [-0.15, -0.1) is 0 Å². The van der Waals surface area contributed by atoms with E-state index in [0.717, 1.165) is 36.8 Å². The molecule has 4 bridgehead atoms. The molecule has 2 saturated carbocycles. The highest BCUT2D eigenvalue weighted by Crippen LogP contribution is 2.60. The zero-order chi connectivity index (χ0) is 11.5. The van der Waals surface area contributed by atoms with Crippen LogP contribution in [0.2, 0.25) is 0 Å². The molecular formula is C13H21NO2. The second-order valence-electron chi connectivity index (χ2n) is 6.70. The maximum Gasteiger partial charge on any atom is 0.410 e. The fraction of sp³-hybridized carbons (Fsp3) is 0.923. The molecule has 3 heterocycles. The van der Waals surface area contributed by atoms with E-state index in [1.807, 2.05) is 25.7 Å². The third kappa shape index (κ3) is 1.52. The number of rotatable bonds is 0. The predicted molar refractivity (Wildman–Crippen MR) is 61.0 cm³/mol. The van der Waals surface area contributed by atoms with E-state index >= 15 is 0 Å². The molecule has 16 heavy (non-hydrogen) atoms. The van der Waals surface area contributed by atoms with Gasteiger partial charge in [0, 0.05) is 13.1 Å². The standard InChI is InChI=1S/C13H21NO2/c1-13(2,3)16-12(15)14-6-8-4-10-9(7-14)5-11(8)10/h8-11H,4-7H2,1-3H3. The lowest BCUT2D eigenvalue weighted by molar-refractivity contribution is -0.0599. The highest BCUT2D eigenvalue weighted by molar-refractivity contribution is 5.68. The number of amides is 1. The molecule has 1 amide bonds. The Hall–Kier alpha value is -0.730. The second-order valence-corrected chi connectivity index (χ2v) is 6.70. The van der Waals surface area contributed by atoms with Gasteiger partial charge in [-0.05, 0) is 57.3 Å². The lowest BCUT2D eigenvalue weighted by Crippen LogP contribution is -2.50. The van der Waals surface area contributed by atoms with Gasteiger partial charge in [-0.25, -0.2) is 4.79 Å². The molecule has 90 valence electrons. The summed E-state index contributed by atoms with van der Waals surface area (Å²) in [6, 6.07) is 0. The van der Waals surface area contributed by atoms with E-state index in [2.05, 4.69) is 0 Å². The van der Waals surface area contributed by atoms with Crippen molar-refractivity contribution < 1.29 is 9.53 Å². The first kappa shape index (κ1) is 10.4. The number of hydrogen-bond acceptors (Lipinski definition) is 2. The Morgan fingerprint density at radius 1 is 1.12 bits per heavy atom. The summed E-state index contributed by atoms with van der Waals surface area (Å²) >= 11 is 0. The van der Waals surface area contributed by atoms with E-state index in [0.29, 0.717) is 0 Å². The van der Waals surface area contributed by atoms with Crippen molar-refractivity contribution in [3.05, 3.63) is 0 Å². The highest BCUT2D eigenvalue weighted by Gasteiger charge is 2.57. The van der Waals surface area contributed by atoms with Crippen molar-refractivity contribution in [2.45, 2.75) is 39.2 Å². The third-order valence-electron chi connectivity index (χ3n) is 4.47. The molecule has 0 N–H and O–H groups in total. The van der Waals surface area contributed by atoms with Crippen LogP contribution in [0.5, 0.6) is 0 Å². The predicted octanol–water partition coefficient (Wildman–Crippen LogP) is 2.51. The van der Waals surface area contributed by atoms with Crippen LogP contribution in [0.25, 0.3) is 0 Å². The molecular weight excluding hydrogens is 202 g/mol. The smallest absolute Gasteiger partial charge is 0.410 e. The number of nitrogens with zero attached hydrogens (tertiary/aromatic N) is 1. The van der Waals surface area contributed by atoms with Gasteiger partial charge in [0.15, 0.2) is 0 Å². The van der Waals surface area contributed by atoms with Gasteiger partial charge in [-0.1, -0.05) is 0 Å². The van der Waals surface area contributed by atoms with E-state index in [4.69, 9.17) is 4.74 Å². The molecule has 4 unspecified atom stereocenters. The lowest BCUT2D eigenvalue weighted by Gasteiger charge is -2.55. The molecule has 4 atom stereocenters. The summed E-state index contributed by atoms with van der Waals surface area (Å²) in [6.07, 6.45) is 2.61. The van der Waals surface area contributed by atoms with E-state index in [1.165, 1.54) is 12.8 Å². The largest absolute Gasteiger partial charge is 0.444 e. The molecule has 3 heteroatoms. The van der Waals surface area contributed by atoms with Crippen LogP contribution in [-0.2, 0) is 4.74 Å². The third-order valence-corrected chi connectivity index (χ3v) is 4.47. The first-order chi connectivity index (χ1) is 7.44. The van der Waals surface area contributed by atoms with Gasteiger partial charge >= 0.3 is 6.09 Å². The molecule has 0 aromatic carbocycles. The molecule has 0 radical (unpaired) electrons. The van der Waals surface area contributed by atoms with Gasteiger partial charge in [-0.3, -0.25) is 0 Å².